The number of aliphatic hydroxyl groups is 1. The van der Waals surface area contributed by atoms with E-state index >= 15 is 0 Å². The molecule has 1 amide bonds. The summed E-state index contributed by atoms with van der Waals surface area (Å²) in [6.07, 6.45) is 1.62. The fourth-order valence-corrected chi connectivity index (χ4v) is 5.55. The number of benzene rings is 1. The average Bonchev–Trinajstić information content (AvgIpc) is 2.87. The first-order valence-corrected chi connectivity index (χ1v) is 13.2. The van der Waals surface area contributed by atoms with Gasteiger partial charge in [0.25, 0.3) is 5.91 Å². The van der Waals surface area contributed by atoms with Crippen molar-refractivity contribution in [2.75, 3.05) is 22.8 Å². The number of sulfone groups is 1. The van der Waals surface area contributed by atoms with E-state index in [9.17, 15) is 26.7 Å². The first kappa shape index (κ1) is 23.6. The average molecular weight is 481 g/mol. The van der Waals surface area contributed by atoms with E-state index in [0.29, 0.717) is 18.9 Å². The number of aliphatic hydroxyl groups excluding tert-OH is 1. The van der Waals surface area contributed by atoms with Gasteiger partial charge in [-0.05, 0) is 37.5 Å². The minimum Gasteiger partial charge on any atom is -0.509 e. The lowest BCUT2D eigenvalue weighted by atomic mass is 10.1. The van der Waals surface area contributed by atoms with Crippen molar-refractivity contribution in [1.82, 2.24) is 4.90 Å². The van der Waals surface area contributed by atoms with Crippen molar-refractivity contribution in [2.24, 2.45) is 5.92 Å². The molecule has 1 aromatic carbocycles. The molecule has 10 nitrogen and oxygen atoms in total. The number of amides is 1. The van der Waals surface area contributed by atoms with E-state index < -0.39 is 36.8 Å². The van der Waals surface area contributed by atoms with Crippen molar-refractivity contribution in [2.45, 2.75) is 38.1 Å². The summed E-state index contributed by atoms with van der Waals surface area (Å²) < 4.78 is 51.6. The van der Waals surface area contributed by atoms with Gasteiger partial charge in [-0.15, -0.1) is 0 Å². The van der Waals surface area contributed by atoms with Crippen LogP contribution in [0.4, 0.5) is 11.4 Å². The van der Waals surface area contributed by atoms with Crippen LogP contribution < -0.4 is 10.0 Å². The van der Waals surface area contributed by atoms with Crippen LogP contribution in [-0.2, 0) is 24.7 Å². The van der Waals surface area contributed by atoms with E-state index in [1.807, 2.05) is 13.8 Å². The van der Waals surface area contributed by atoms with Crippen molar-refractivity contribution in [3.8, 4) is 0 Å². The third-order valence-corrected chi connectivity index (χ3v) is 7.52. The second-order valence-corrected chi connectivity index (χ2v) is 11.7. The van der Waals surface area contributed by atoms with Crippen molar-refractivity contribution in [3.05, 3.63) is 51.7 Å². The SMILES string of the molecule is [C-]#[N+]C1=C(C2=C(O)C(C)N(CCC(C)C)C2=O)Nc2ccc(NS(C)(=O)=O)cc2S1(=O)=O. The second kappa shape index (κ2) is 8.14. The van der Waals surface area contributed by atoms with Crippen LogP contribution in [-0.4, -0.2) is 51.6 Å². The summed E-state index contributed by atoms with van der Waals surface area (Å²) >= 11 is 0. The molecule has 2 aliphatic rings. The van der Waals surface area contributed by atoms with E-state index in [-0.39, 0.29) is 33.3 Å². The van der Waals surface area contributed by atoms with E-state index in [4.69, 9.17) is 6.57 Å². The van der Waals surface area contributed by atoms with Crippen molar-refractivity contribution in [3.63, 3.8) is 0 Å². The largest absolute Gasteiger partial charge is 0.509 e. The standard InChI is InChI=1S/C20H24N4O6S2/c1-11(2)8-9-24-12(3)18(25)16(20(24)26)17-19(21-4)32(29,30)15-10-13(23-31(5,27)28)6-7-14(15)22-17/h6-7,10-12,22-23,25H,8-9H2,1-3,5H3. The monoisotopic (exact) mass is 480 g/mol. The normalized spacial score (nSPS) is 20.3. The summed E-state index contributed by atoms with van der Waals surface area (Å²) in [7, 11) is -8.04. The number of carbonyl (C=O) groups is 1. The van der Waals surface area contributed by atoms with Crippen LogP contribution in [0.2, 0.25) is 0 Å². The van der Waals surface area contributed by atoms with E-state index in [1.165, 1.54) is 17.0 Å². The molecular weight excluding hydrogens is 456 g/mol. The van der Waals surface area contributed by atoms with Gasteiger partial charge in [-0.25, -0.2) is 21.7 Å². The molecule has 0 spiro atoms. The number of hydrogen-bond acceptors (Lipinski definition) is 7. The zero-order valence-corrected chi connectivity index (χ0v) is 19.6. The Morgan fingerprint density at radius 1 is 1.34 bits per heavy atom. The Labute approximate surface area is 187 Å². The van der Waals surface area contributed by atoms with Crippen LogP contribution >= 0.6 is 0 Å². The van der Waals surface area contributed by atoms with Gasteiger partial charge >= 0.3 is 5.03 Å². The Balaban J connectivity index is 2.10. The number of hydrogen-bond donors (Lipinski definition) is 3. The molecule has 0 saturated heterocycles. The van der Waals surface area contributed by atoms with Gasteiger partial charge in [0, 0.05) is 12.2 Å². The molecule has 32 heavy (non-hydrogen) atoms. The highest BCUT2D eigenvalue weighted by Gasteiger charge is 2.43. The van der Waals surface area contributed by atoms with Gasteiger partial charge in [-0.2, -0.15) is 0 Å². The number of carbonyl (C=O) groups excluding carboxylic acids is 1. The highest BCUT2D eigenvalue weighted by atomic mass is 32.2. The molecule has 2 aliphatic heterocycles. The van der Waals surface area contributed by atoms with Crippen LogP contribution in [0.3, 0.4) is 0 Å². The molecule has 0 fully saturated rings. The first-order valence-electron chi connectivity index (χ1n) is 9.78. The number of nitrogens with zero attached hydrogens (tertiary/aromatic N) is 2. The third-order valence-electron chi connectivity index (χ3n) is 5.20. The Hall–Kier alpha value is -3.04. The molecule has 172 valence electrons. The smallest absolute Gasteiger partial charge is 0.306 e. The Morgan fingerprint density at radius 3 is 2.56 bits per heavy atom. The van der Waals surface area contributed by atoms with Crippen molar-refractivity contribution < 1.29 is 26.7 Å². The number of fused-ring (bicyclic) bond motifs is 1. The Bertz CT molecular complexity index is 1300. The molecule has 1 aromatic rings. The van der Waals surface area contributed by atoms with Crippen LogP contribution in [0.1, 0.15) is 27.2 Å². The maximum atomic E-state index is 13.2. The van der Waals surface area contributed by atoms with Crippen LogP contribution in [0.25, 0.3) is 4.85 Å². The highest BCUT2D eigenvalue weighted by Crippen LogP contribution is 2.41. The molecule has 0 aliphatic carbocycles. The maximum absolute atomic E-state index is 13.2. The van der Waals surface area contributed by atoms with Gasteiger partial charge < -0.3 is 15.3 Å². The molecule has 1 unspecified atom stereocenters. The van der Waals surface area contributed by atoms with Crippen molar-refractivity contribution >= 4 is 37.1 Å². The Morgan fingerprint density at radius 2 is 2.00 bits per heavy atom. The molecule has 0 aromatic heterocycles. The minimum absolute atomic E-state index is 0.0110. The summed E-state index contributed by atoms with van der Waals surface area (Å²) in [5.41, 5.74) is -0.456. The zero-order chi connectivity index (χ0) is 24.0. The highest BCUT2D eigenvalue weighted by molar-refractivity contribution is 7.95. The molecule has 12 heteroatoms. The lowest BCUT2D eigenvalue weighted by Crippen LogP contribution is -2.35. The molecule has 3 rings (SSSR count). The summed E-state index contributed by atoms with van der Waals surface area (Å²) in [6, 6.07) is 3.12. The number of rotatable bonds is 6. The van der Waals surface area contributed by atoms with Gasteiger partial charge in [0.05, 0.1) is 40.7 Å². The molecule has 0 saturated carbocycles. The van der Waals surface area contributed by atoms with E-state index in [0.717, 1.165) is 12.3 Å². The lowest BCUT2D eigenvalue weighted by Gasteiger charge is -2.24. The van der Waals surface area contributed by atoms with E-state index in [1.54, 1.807) is 6.92 Å². The lowest BCUT2D eigenvalue weighted by molar-refractivity contribution is -0.126. The minimum atomic E-state index is -4.39. The van der Waals surface area contributed by atoms with Gasteiger partial charge in [0.2, 0.25) is 19.9 Å². The molecule has 0 radical (unpaired) electrons. The second-order valence-electron chi connectivity index (χ2n) is 8.12. The van der Waals surface area contributed by atoms with Crippen LogP contribution in [0.15, 0.2) is 45.2 Å². The third kappa shape index (κ3) is 4.18. The summed E-state index contributed by atoms with van der Waals surface area (Å²) in [5, 5.41) is 12.7. The summed E-state index contributed by atoms with van der Waals surface area (Å²) in [6.45, 7) is 13.5. The molecule has 3 N–H and O–H groups in total. The van der Waals surface area contributed by atoms with Gasteiger partial charge in [0.15, 0.2) is 0 Å². The first-order chi connectivity index (χ1) is 14.8. The number of sulfonamides is 1. The van der Waals surface area contributed by atoms with Gasteiger partial charge in [-0.1, -0.05) is 13.8 Å². The van der Waals surface area contributed by atoms with E-state index in [2.05, 4.69) is 14.9 Å². The fourth-order valence-electron chi connectivity index (χ4n) is 3.55. The molecular formula is C20H24N4O6S2. The quantitative estimate of drug-likeness (QED) is 0.532. The molecule has 1 atom stereocenters. The predicted molar refractivity (Wildman–Crippen MR) is 120 cm³/mol. The summed E-state index contributed by atoms with van der Waals surface area (Å²) in [5.74, 6) is -0.557. The maximum Gasteiger partial charge on any atom is 0.306 e. The van der Waals surface area contributed by atoms with Crippen LogP contribution in [0, 0.1) is 12.5 Å². The fraction of sp³-hybridized carbons (Fsp3) is 0.400. The molecule has 2 heterocycles. The Kier molecular flexibility index (Phi) is 6.01. The predicted octanol–water partition coefficient (Wildman–Crippen LogP) is 2.43. The topological polar surface area (TPSA) is 137 Å². The van der Waals surface area contributed by atoms with Gasteiger partial charge in [0.1, 0.15) is 5.76 Å². The molecule has 0 bridgehead atoms. The van der Waals surface area contributed by atoms with Crippen molar-refractivity contribution in [1.29, 1.82) is 0 Å². The zero-order valence-electron chi connectivity index (χ0n) is 18.0. The summed E-state index contributed by atoms with van der Waals surface area (Å²) in [4.78, 5) is 17.4. The van der Waals surface area contributed by atoms with Gasteiger partial charge in [-0.3, -0.25) is 9.52 Å². The number of anilines is 2. The number of nitrogens with one attached hydrogen (secondary N) is 2. The van der Waals surface area contributed by atoms with Crippen LogP contribution in [0.5, 0.6) is 0 Å².